The first-order chi connectivity index (χ1) is 10.0. The second-order valence-electron chi connectivity index (χ2n) is 5.31. The molecule has 0 spiro atoms. The van der Waals surface area contributed by atoms with Crippen molar-refractivity contribution in [1.29, 1.82) is 0 Å². The molecule has 3 N–H and O–H groups in total. The highest BCUT2D eigenvalue weighted by Crippen LogP contribution is 2.21. The van der Waals surface area contributed by atoms with Crippen LogP contribution >= 0.6 is 28.3 Å². The van der Waals surface area contributed by atoms with E-state index in [0.717, 1.165) is 10.9 Å². The van der Waals surface area contributed by atoms with Crippen LogP contribution in [0.1, 0.15) is 30.1 Å². The lowest BCUT2D eigenvalue weighted by molar-refractivity contribution is -0.125. The molecule has 0 aliphatic carbocycles. The number of rotatable bonds is 4. The molecule has 0 saturated carbocycles. The number of hydrogen-bond donors (Lipinski definition) is 2. The third-order valence-electron chi connectivity index (χ3n) is 3.65. The first-order valence-corrected chi connectivity index (χ1v) is 7.89. The molecule has 2 amide bonds. The van der Waals surface area contributed by atoms with E-state index in [1.54, 1.807) is 17.0 Å². The van der Waals surface area contributed by atoms with Gasteiger partial charge in [-0.3, -0.25) is 9.59 Å². The number of carbonyl (C=O) groups is 2. The number of amides is 2. The van der Waals surface area contributed by atoms with Crippen LogP contribution in [0.4, 0.5) is 0 Å². The molecule has 22 heavy (non-hydrogen) atoms. The maximum Gasteiger partial charge on any atom is 0.254 e. The number of carbonyl (C=O) groups excluding carboxylic acids is 2. The van der Waals surface area contributed by atoms with E-state index < -0.39 is 6.04 Å². The van der Waals surface area contributed by atoms with Gasteiger partial charge in [0.15, 0.2) is 0 Å². The van der Waals surface area contributed by atoms with Crippen LogP contribution in [0.2, 0.25) is 0 Å². The molecule has 1 aromatic carbocycles. The van der Waals surface area contributed by atoms with E-state index in [1.165, 1.54) is 0 Å². The monoisotopic (exact) mass is 389 g/mol. The van der Waals surface area contributed by atoms with Gasteiger partial charge in [-0.1, -0.05) is 15.9 Å². The van der Waals surface area contributed by atoms with E-state index in [2.05, 4.69) is 21.2 Å². The molecule has 7 heteroatoms. The summed E-state index contributed by atoms with van der Waals surface area (Å²) in [5.74, 6) is -0.212. The van der Waals surface area contributed by atoms with Crippen LogP contribution in [0.15, 0.2) is 28.7 Å². The maximum absolute atomic E-state index is 12.5. The molecular weight excluding hydrogens is 370 g/mol. The number of nitrogens with two attached hydrogens (primary N) is 1. The van der Waals surface area contributed by atoms with Crippen molar-refractivity contribution in [2.24, 2.45) is 5.73 Å². The Balaban J connectivity index is 0.00000242. The van der Waals surface area contributed by atoms with Crippen molar-refractivity contribution in [3.05, 3.63) is 34.3 Å². The predicted octanol–water partition coefficient (Wildman–Crippen LogP) is 1.94. The normalized spacial score (nSPS) is 18.5. The molecule has 122 valence electrons. The van der Waals surface area contributed by atoms with Gasteiger partial charge in [0.25, 0.3) is 5.91 Å². The second-order valence-corrected chi connectivity index (χ2v) is 6.22. The number of hydrogen-bond acceptors (Lipinski definition) is 3. The molecule has 1 fully saturated rings. The maximum atomic E-state index is 12.5. The van der Waals surface area contributed by atoms with E-state index in [9.17, 15) is 9.59 Å². The average molecular weight is 391 g/mol. The summed E-state index contributed by atoms with van der Waals surface area (Å²) in [7, 11) is 0. The number of likely N-dealkylation sites (tertiary alicyclic amines) is 1. The van der Waals surface area contributed by atoms with Crippen LogP contribution in [0.5, 0.6) is 0 Å². The Kier molecular flexibility index (Phi) is 7.32. The van der Waals surface area contributed by atoms with Crippen molar-refractivity contribution in [2.75, 3.05) is 13.1 Å². The van der Waals surface area contributed by atoms with Gasteiger partial charge in [0.05, 0.1) is 0 Å². The van der Waals surface area contributed by atoms with Crippen molar-refractivity contribution in [3.8, 4) is 0 Å². The van der Waals surface area contributed by atoms with Gasteiger partial charge < -0.3 is 16.0 Å². The van der Waals surface area contributed by atoms with Crippen molar-refractivity contribution in [1.82, 2.24) is 10.2 Å². The molecule has 0 bridgehead atoms. The minimum absolute atomic E-state index is 0. The number of nitrogens with zero attached hydrogens (tertiary/aromatic N) is 1. The van der Waals surface area contributed by atoms with Gasteiger partial charge in [-0.2, -0.15) is 0 Å². The molecule has 1 heterocycles. The molecule has 1 aliphatic rings. The quantitative estimate of drug-likeness (QED) is 0.825. The molecule has 2 rings (SSSR count). The summed E-state index contributed by atoms with van der Waals surface area (Å²) in [6.45, 7) is 2.86. The summed E-state index contributed by atoms with van der Waals surface area (Å²) in [6.07, 6.45) is 1.54. The van der Waals surface area contributed by atoms with Gasteiger partial charge >= 0.3 is 0 Å². The molecule has 2 atom stereocenters. The Bertz CT molecular complexity index is 524. The average Bonchev–Trinajstić information content (AvgIpc) is 2.96. The first kappa shape index (κ1) is 18.9. The SMILES string of the molecule is C[C@@H](CN)NC(=O)C1CCCN1C(=O)c1ccc(Br)cc1.Cl. The smallest absolute Gasteiger partial charge is 0.254 e. The minimum atomic E-state index is -0.393. The molecule has 5 nitrogen and oxygen atoms in total. The Hall–Kier alpha value is -1.11. The van der Waals surface area contributed by atoms with Crippen LogP contribution in [-0.2, 0) is 4.79 Å². The van der Waals surface area contributed by atoms with Gasteiger partial charge in [-0.15, -0.1) is 12.4 Å². The molecule has 1 unspecified atom stereocenters. The first-order valence-electron chi connectivity index (χ1n) is 7.10. The van der Waals surface area contributed by atoms with Gasteiger partial charge in [0, 0.05) is 29.2 Å². The zero-order valence-corrected chi connectivity index (χ0v) is 14.8. The van der Waals surface area contributed by atoms with E-state index in [1.807, 2.05) is 19.1 Å². The van der Waals surface area contributed by atoms with Gasteiger partial charge in [-0.05, 0) is 44.0 Å². The molecule has 1 saturated heterocycles. The third kappa shape index (κ3) is 4.44. The number of benzene rings is 1. The van der Waals surface area contributed by atoms with Crippen molar-refractivity contribution < 1.29 is 9.59 Å². The van der Waals surface area contributed by atoms with Crippen LogP contribution < -0.4 is 11.1 Å². The lowest BCUT2D eigenvalue weighted by Crippen LogP contribution is -2.49. The Morgan fingerprint density at radius 3 is 2.64 bits per heavy atom. The van der Waals surface area contributed by atoms with E-state index >= 15 is 0 Å². The Labute approximate surface area is 145 Å². The zero-order valence-electron chi connectivity index (χ0n) is 12.4. The van der Waals surface area contributed by atoms with Gasteiger partial charge in [0.2, 0.25) is 5.91 Å². The van der Waals surface area contributed by atoms with Crippen molar-refractivity contribution in [2.45, 2.75) is 31.8 Å². The fourth-order valence-electron chi connectivity index (χ4n) is 2.44. The minimum Gasteiger partial charge on any atom is -0.351 e. The van der Waals surface area contributed by atoms with Crippen LogP contribution in [0.3, 0.4) is 0 Å². The van der Waals surface area contributed by atoms with Gasteiger partial charge in [-0.25, -0.2) is 0 Å². The fourth-order valence-corrected chi connectivity index (χ4v) is 2.70. The molecule has 1 aromatic rings. The summed E-state index contributed by atoms with van der Waals surface area (Å²) < 4.78 is 0.923. The molecular formula is C15H21BrClN3O2. The summed E-state index contributed by atoms with van der Waals surface area (Å²) in [6, 6.07) is 6.71. The number of halogens is 2. The third-order valence-corrected chi connectivity index (χ3v) is 4.18. The lowest BCUT2D eigenvalue weighted by atomic mass is 10.1. The van der Waals surface area contributed by atoms with Crippen molar-refractivity contribution in [3.63, 3.8) is 0 Å². The fraction of sp³-hybridized carbons (Fsp3) is 0.467. The molecule has 0 radical (unpaired) electrons. The molecule has 1 aliphatic heterocycles. The van der Waals surface area contributed by atoms with E-state index in [-0.39, 0.29) is 30.3 Å². The summed E-state index contributed by atoms with van der Waals surface area (Å²) in [5, 5.41) is 2.85. The van der Waals surface area contributed by atoms with Crippen LogP contribution in [-0.4, -0.2) is 41.9 Å². The topological polar surface area (TPSA) is 75.4 Å². The van der Waals surface area contributed by atoms with Crippen LogP contribution in [0, 0.1) is 0 Å². The summed E-state index contributed by atoms with van der Waals surface area (Å²) in [4.78, 5) is 26.4. The summed E-state index contributed by atoms with van der Waals surface area (Å²) >= 11 is 3.35. The highest BCUT2D eigenvalue weighted by molar-refractivity contribution is 9.10. The Morgan fingerprint density at radius 1 is 1.41 bits per heavy atom. The highest BCUT2D eigenvalue weighted by Gasteiger charge is 2.34. The second kappa shape index (κ2) is 8.50. The van der Waals surface area contributed by atoms with Crippen LogP contribution in [0.25, 0.3) is 0 Å². The van der Waals surface area contributed by atoms with Gasteiger partial charge in [0.1, 0.15) is 6.04 Å². The highest BCUT2D eigenvalue weighted by atomic mass is 79.9. The number of nitrogens with one attached hydrogen (secondary N) is 1. The van der Waals surface area contributed by atoms with Crippen molar-refractivity contribution >= 4 is 40.2 Å². The van der Waals surface area contributed by atoms with E-state index in [4.69, 9.17) is 5.73 Å². The Morgan fingerprint density at radius 2 is 2.05 bits per heavy atom. The lowest BCUT2D eigenvalue weighted by Gasteiger charge is -2.25. The standard InChI is InChI=1S/C15H20BrN3O2.ClH/c1-10(9-17)18-14(20)13-3-2-8-19(13)15(21)11-4-6-12(16)7-5-11;/h4-7,10,13H,2-3,8-9,17H2,1H3,(H,18,20);1H/t10-,13?;/m0./s1. The van der Waals surface area contributed by atoms with E-state index in [0.29, 0.717) is 25.1 Å². The largest absolute Gasteiger partial charge is 0.351 e. The molecule has 0 aromatic heterocycles. The predicted molar refractivity (Wildman–Crippen MR) is 92.1 cm³/mol. The zero-order chi connectivity index (χ0) is 15.4. The summed E-state index contributed by atoms with van der Waals surface area (Å²) in [5.41, 5.74) is 6.12.